The van der Waals surface area contributed by atoms with E-state index >= 15 is 0 Å². The number of halogens is 1. The summed E-state index contributed by atoms with van der Waals surface area (Å²) < 4.78 is 10.3. The molecule has 0 bridgehead atoms. The van der Waals surface area contributed by atoms with Gasteiger partial charge in [0.1, 0.15) is 0 Å². The van der Waals surface area contributed by atoms with E-state index in [0.717, 1.165) is 6.92 Å². The molecule has 0 aromatic heterocycles. The second-order valence-corrected chi connectivity index (χ2v) is 0.569. The summed E-state index contributed by atoms with van der Waals surface area (Å²) in [7, 11) is 0. The van der Waals surface area contributed by atoms with Crippen LogP contribution in [0.2, 0.25) is 0 Å². The Morgan fingerprint density at radius 1 is 2.00 bits per heavy atom. The van der Waals surface area contributed by atoms with Crippen LogP contribution >= 0.6 is 0 Å². The van der Waals surface area contributed by atoms with E-state index in [1.54, 1.807) is 0 Å². The predicted octanol–water partition coefficient (Wildman–Crippen LogP) is 0.434. The van der Waals surface area contributed by atoms with E-state index in [-0.39, 0.29) is 0 Å². The van der Waals surface area contributed by atoms with Crippen molar-refractivity contribution in [2.45, 2.75) is 6.92 Å². The summed E-state index contributed by atoms with van der Waals surface area (Å²) in [6, 6.07) is 0. The minimum atomic E-state index is -0.912. The van der Waals surface area contributed by atoms with Crippen LogP contribution in [0.3, 0.4) is 0 Å². The lowest BCUT2D eigenvalue weighted by atomic mass is 10.9. The van der Waals surface area contributed by atoms with Crippen molar-refractivity contribution in [2.24, 2.45) is 0 Å². The van der Waals surface area contributed by atoms with Gasteiger partial charge >= 0.3 is 5.97 Å². The molecule has 0 aromatic rings. The molecule has 0 spiro atoms. The van der Waals surface area contributed by atoms with Gasteiger partial charge in [-0.2, -0.15) is 0 Å². The van der Waals surface area contributed by atoms with Crippen molar-refractivity contribution < 1.29 is 14.3 Å². The van der Waals surface area contributed by atoms with Gasteiger partial charge in [0.25, 0.3) is 0 Å². The summed E-state index contributed by atoms with van der Waals surface area (Å²) in [5.41, 5.74) is 0. The first-order chi connectivity index (χ1) is 2.27. The molecule has 0 rings (SSSR count). The van der Waals surface area contributed by atoms with E-state index in [0.29, 0.717) is 0 Å². The summed E-state index contributed by atoms with van der Waals surface area (Å²) in [5, 5.41) is 0. The maximum absolute atomic E-state index is 10.3. The maximum atomic E-state index is 10.3. The monoisotopic (exact) mass is 77.0 g/mol. The van der Waals surface area contributed by atoms with Crippen LogP contribution in [-0.2, 0) is 9.74 Å². The van der Waals surface area contributed by atoms with E-state index in [2.05, 4.69) is 4.94 Å². The number of rotatable bonds is 0. The molecule has 0 unspecified atom stereocenters. The summed E-state index contributed by atoms with van der Waals surface area (Å²) in [6.07, 6.45) is 0. The lowest BCUT2D eigenvalue weighted by molar-refractivity contribution is -0.180. The molecule has 3 heteroatoms. The van der Waals surface area contributed by atoms with Crippen LogP contribution in [0.5, 0.6) is 0 Å². The molecule has 5 heavy (non-hydrogen) atoms. The van der Waals surface area contributed by atoms with Crippen LogP contribution in [0.15, 0.2) is 0 Å². The summed E-state index contributed by atoms with van der Waals surface area (Å²) in [5.74, 6) is -0.912. The highest BCUT2D eigenvalue weighted by atomic mass is 18.4. The van der Waals surface area contributed by atoms with Gasteiger partial charge in [0.15, 0.2) is 0 Å². The third-order valence-corrected chi connectivity index (χ3v) is 0.109. The molecule has 0 radical (unpaired) electrons. The van der Waals surface area contributed by atoms with E-state index < -0.39 is 5.97 Å². The third kappa shape index (κ3) is 3.40. The molecule has 0 heterocycles. The van der Waals surface area contributed by atoms with Crippen LogP contribution in [0.1, 0.15) is 6.92 Å². The van der Waals surface area contributed by atoms with Crippen LogP contribution in [-0.4, -0.2) is 5.97 Å². The number of carbonyl (C=O) groups excluding carboxylic acids is 1. The Morgan fingerprint density at radius 2 is 2.20 bits per heavy atom. The predicted molar refractivity (Wildman–Crippen MR) is 12.9 cm³/mol. The lowest BCUT2D eigenvalue weighted by Crippen LogP contribution is -1.83. The molecule has 0 aliphatic rings. The SMILES string of the molecule is CC(=O)O[18F]. The van der Waals surface area contributed by atoms with Gasteiger partial charge < -0.3 is 0 Å². The van der Waals surface area contributed by atoms with Crippen molar-refractivity contribution in [1.82, 2.24) is 0 Å². The topological polar surface area (TPSA) is 26.3 Å². The van der Waals surface area contributed by atoms with Crippen LogP contribution in [0.4, 0.5) is 4.53 Å². The van der Waals surface area contributed by atoms with Crippen molar-refractivity contribution in [3.8, 4) is 0 Å². The second kappa shape index (κ2) is 1.69. The minimum Gasteiger partial charge on any atom is -0.255 e. The molecular weight excluding hydrogens is 74.0 g/mol. The highest BCUT2D eigenvalue weighted by Gasteiger charge is 1.81. The quantitative estimate of drug-likeness (QED) is 0.419. The first-order valence-corrected chi connectivity index (χ1v) is 1.06. The van der Waals surface area contributed by atoms with E-state index in [1.807, 2.05) is 0 Å². The van der Waals surface area contributed by atoms with Gasteiger partial charge in [0.05, 0.1) is 0 Å². The largest absolute Gasteiger partial charge is 0.345 e. The highest BCUT2D eigenvalue weighted by Crippen LogP contribution is 1.69. The first kappa shape index (κ1) is 4.40. The highest BCUT2D eigenvalue weighted by molar-refractivity contribution is 5.64. The minimum absolute atomic E-state index is 0.912. The summed E-state index contributed by atoms with van der Waals surface area (Å²) >= 11 is 0. The van der Waals surface area contributed by atoms with Crippen molar-refractivity contribution in [3.05, 3.63) is 0 Å². The second-order valence-electron chi connectivity index (χ2n) is 0.569. The van der Waals surface area contributed by atoms with Gasteiger partial charge in [-0.3, -0.25) is 4.94 Å². The van der Waals surface area contributed by atoms with E-state index in [1.165, 1.54) is 0 Å². The maximum Gasteiger partial charge on any atom is 0.345 e. The Morgan fingerprint density at radius 3 is 2.20 bits per heavy atom. The first-order valence-electron chi connectivity index (χ1n) is 1.06. The van der Waals surface area contributed by atoms with Gasteiger partial charge in [-0.15, -0.1) is 0 Å². The van der Waals surface area contributed by atoms with Gasteiger partial charge in [-0.05, 0) is 0 Å². The molecular formula is C2H3FO2. The fraction of sp³-hybridized carbons (Fsp3) is 0.500. The zero-order chi connectivity index (χ0) is 4.28. The number of hydrogen-bond acceptors (Lipinski definition) is 2. The average molecular weight is 77.0 g/mol. The molecule has 0 saturated carbocycles. The molecule has 0 aromatic carbocycles. The smallest absolute Gasteiger partial charge is 0.255 e. The average Bonchev–Trinajstić information content (AvgIpc) is 1.38. The molecule has 0 aliphatic heterocycles. The van der Waals surface area contributed by atoms with Gasteiger partial charge in [0.2, 0.25) is 0 Å². The lowest BCUT2D eigenvalue weighted by Gasteiger charge is -1.71. The van der Waals surface area contributed by atoms with Crippen molar-refractivity contribution in [2.75, 3.05) is 0 Å². The number of hydrogen-bond donors (Lipinski definition) is 0. The van der Waals surface area contributed by atoms with Crippen LogP contribution < -0.4 is 0 Å². The Bertz CT molecular complexity index is 42.9. The van der Waals surface area contributed by atoms with Gasteiger partial charge in [-0.25, -0.2) is 4.79 Å². The molecule has 0 amide bonds. The van der Waals surface area contributed by atoms with E-state index in [4.69, 9.17) is 0 Å². The molecule has 0 saturated heterocycles. The van der Waals surface area contributed by atoms with Crippen molar-refractivity contribution in [1.29, 1.82) is 0 Å². The van der Waals surface area contributed by atoms with Crippen LogP contribution in [0, 0.1) is 0 Å². The van der Waals surface area contributed by atoms with Crippen LogP contribution in [0.25, 0.3) is 0 Å². The standard InChI is InChI=1S/C2H3FO2/c1-2(4)5-3/h1H3/i3-1. The third-order valence-electron chi connectivity index (χ3n) is 0.109. The Hall–Kier alpha value is -0.600. The molecule has 2 nitrogen and oxygen atoms in total. The fourth-order valence-corrected chi connectivity index (χ4v) is 0. The molecule has 0 N–H and O–H groups in total. The summed E-state index contributed by atoms with van der Waals surface area (Å²) in [4.78, 5) is 11.8. The molecule has 0 fully saturated rings. The Labute approximate surface area is 28.4 Å². The van der Waals surface area contributed by atoms with Gasteiger partial charge in [-0.1, -0.05) is 0 Å². The number of carbonyl (C=O) groups is 1. The van der Waals surface area contributed by atoms with Gasteiger partial charge in [0, 0.05) is 11.4 Å². The van der Waals surface area contributed by atoms with E-state index in [9.17, 15) is 9.32 Å². The zero-order valence-electron chi connectivity index (χ0n) is 2.69. The Kier molecular flexibility index (Phi) is 1.49. The van der Waals surface area contributed by atoms with Crippen molar-refractivity contribution in [3.63, 3.8) is 0 Å². The molecule has 30 valence electrons. The normalized spacial score (nSPS) is 6.80. The summed E-state index contributed by atoms with van der Waals surface area (Å²) in [6.45, 7) is 0.986. The Balaban J connectivity index is 2.85. The molecule has 0 aliphatic carbocycles. The fourth-order valence-electron chi connectivity index (χ4n) is 0. The molecule has 0 atom stereocenters. The van der Waals surface area contributed by atoms with Crippen molar-refractivity contribution >= 4 is 5.97 Å². The zero-order valence-corrected chi connectivity index (χ0v) is 2.69.